The number of hydrogen-bond donors (Lipinski definition) is 1. The van der Waals surface area contributed by atoms with Crippen LogP contribution in [-0.2, 0) is 10.0 Å². The summed E-state index contributed by atoms with van der Waals surface area (Å²) in [6, 6.07) is 20.2. The normalized spacial score (nSPS) is 14.4. The third-order valence-electron chi connectivity index (χ3n) is 5.50. The summed E-state index contributed by atoms with van der Waals surface area (Å²) in [5.74, 6) is -0.273. The summed E-state index contributed by atoms with van der Waals surface area (Å²) < 4.78 is 26.8. The Morgan fingerprint density at radius 2 is 1.56 bits per heavy atom. The maximum Gasteiger partial charge on any atom is 0.255 e. The Labute approximate surface area is 193 Å². The van der Waals surface area contributed by atoms with Gasteiger partial charge in [0.1, 0.15) is 0 Å². The van der Waals surface area contributed by atoms with Gasteiger partial charge in [-0.15, -0.1) is 0 Å². The van der Waals surface area contributed by atoms with Gasteiger partial charge < -0.3 is 5.32 Å². The lowest BCUT2D eigenvalue weighted by Crippen LogP contribution is -2.27. The maximum atomic E-state index is 12.6. The molecule has 0 radical (unpaired) electrons. The molecule has 7 heteroatoms. The van der Waals surface area contributed by atoms with Gasteiger partial charge >= 0.3 is 0 Å². The van der Waals surface area contributed by atoms with Crippen LogP contribution in [0.2, 0.25) is 0 Å². The van der Waals surface area contributed by atoms with Gasteiger partial charge in [-0.1, -0.05) is 23.9 Å². The van der Waals surface area contributed by atoms with Gasteiger partial charge in [-0.25, -0.2) is 8.42 Å². The van der Waals surface area contributed by atoms with Gasteiger partial charge in [-0.3, -0.25) is 4.79 Å². The molecule has 5 nitrogen and oxygen atoms in total. The van der Waals surface area contributed by atoms with Crippen molar-refractivity contribution in [2.24, 2.45) is 0 Å². The molecule has 4 rings (SSSR count). The van der Waals surface area contributed by atoms with Crippen molar-refractivity contribution in [1.82, 2.24) is 4.31 Å². The van der Waals surface area contributed by atoms with Crippen molar-refractivity contribution < 1.29 is 13.2 Å². The lowest BCUT2D eigenvalue weighted by molar-refractivity contribution is 0.102. The molecule has 1 aliphatic rings. The minimum atomic E-state index is -3.48. The number of amides is 1. The summed E-state index contributed by atoms with van der Waals surface area (Å²) in [5.41, 5.74) is 3.56. The van der Waals surface area contributed by atoms with Crippen LogP contribution in [0.25, 0.3) is 0 Å². The van der Waals surface area contributed by atoms with E-state index in [0.717, 1.165) is 17.7 Å². The molecular formula is C25H26N2O3S2. The number of benzene rings is 3. The molecule has 1 fully saturated rings. The molecule has 32 heavy (non-hydrogen) atoms. The van der Waals surface area contributed by atoms with Crippen molar-refractivity contribution in [3.05, 3.63) is 83.4 Å². The molecule has 0 unspecified atom stereocenters. The van der Waals surface area contributed by atoms with E-state index >= 15 is 0 Å². The predicted molar refractivity (Wildman–Crippen MR) is 129 cm³/mol. The Hall–Kier alpha value is -2.61. The summed E-state index contributed by atoms with van der Waals surface area (Å²) in [6.45, 7) is 5.29. The van der Waals surface area contributed by atoms with Crippen LogP contribution in [0.15, 0.2) is 81.4 Å². The third kappa shape index (κ3) is 5.06. The van der Waals surface area contributed by atoms with Crippen molar-refractivity contribution in [1.29, 1.82) is 0 Å². The van der Waals surface area contributed by atoms with Crippen LogP contribution in [0.5, 0.6) is 0 Å². The van der Waals surface area contributed by atoms with Crippen LogP contribution < -0.4 is 5.32 Å². The Kier molecular flexibility index (Phi) is 6.69. The second-order valence-electron chi connectivity index (χ2n) is 7.99. The zero-order valence-corrected chi connectivity index (χ0v) is 19.8. The van der Waals surface area contributed by atoms with Gasteiger partial charge in [0.25, 0.3) is 5.91 Å². The first-order chi connectivity index (χ1) is 15.3. The number of rotatable bonds is 6. The van der Waals surface area contributed by atoms with E-state index in [0.29, 0.717) is 24.3 Å². The summed E-state index contributed by atoms with van der Waals surface area (Å²) >= 11 is 1.69. The number of nitrogens with zero attached hydrogens (tertiary/aromatic N) is 1. The SMILES string of the molecule is Cc1ccc(C)c(Sc2ccc(NC(=O)c3ccc(S(=O)(=O)N4CCCC4)cc3)cc2)c1. The molecular weight excluding hydrogens is 440 g/mol. The van der Waals surface area contributed by atoms with E-state index in [9.17, 15) is 13.2 Å². The van der Waals surface area contributed by atoms with Crippen LogP contribution in [0.1, 0.15) is 34.3 Å². The van der Waals surface area contributed by atoms with Crippen LogP contribution in [0, 0.1) is 13.8 Å². The summed E-state index contributed by atoms with van der Waals surface area (Å²) in [6.07, 6.45) is 1.78. The molecule has 1 heterocycles. The van der Waals surface area contributed by atoms with E-state index in [1.807, 2.05) is 24.3 Å². The summed E-state index contributed by atoms with van der Waals surface area (Å²) in [7, 11) is -3.48. The number of hydrogen-bond acceptors (Lipinski definition) is 4. The molecule has 0 aliphatic carbocycles. The Morgan fingerprint density at radius 1 is 0.906 bits per heavy atom. The van der Waals surface area contributed by atoms with Gasteiger partial charge in [0.05, 0.1) is 4.90 Å². The highest BCUT2D eigenvalue weighted by Gasteiger charge is 2.27. The number of carbonyl (C=O) groups is 1. The smallest absolute Gasteiger partial charge is 0.255 e. The topological polar surface area (TPSA) is 66.5 Å². The quantitative estimate of drug-likeness (QED) is 0.522. The van der Waals surface area contributed by atoms with Crippen molar-refractivity contribution in [2.75, 3.05) is 18.4 Å². The molecule has 1 amide bonds. The minimum Gasteiger partial charge on any atom is -0.322 e. The van der Waals surface area contributed by atoms with E-state index in [-0.39, 0.29) is 10.8 Å². The Bertz CT molecular complexity index is 1220. The first-order valence-corrected chi connectivity index (χ1v) is 12.9. The summed E-state index contributed by atoms with van der Waals surface area (Å²) in [4.78, 5) is 15.1. The molecule has 0 saturated carbocycles. The van der Waals surface area contributed by atoms with E-state index in [1.54, 1.807) is 23.9 Å². The van der Waals surface area contributed by atoms with Crippen molar-refractivity contribution >= 4 is 33.4 Å². The molecule has 3 aromatic rings. The fourth-order valence-electron chi connectivity index (χ4n) is 3.61. The first kappa shape index (κ1) is 22.6. The van der Waals surface area contributed by atoms with Crippen molar-refractivity contribution in [3.8, 4) is 0 Å². The highest BCUT2D eigenvalue weighted by Crippen LogP contribution is 2.31. The number of aryl methyl sites for hydroxylation is 2. The lowest BCUT2D eigenvalue weighted by Gasteiger charge is -2.15. The van der Waals surface area contributed by atoms with Gasteiger partial charge in [0, 0.05) is 34.1 Å². The second kappa shape index (κ2) is 9.48. The van der Waals surface area contributed by atoms with Gasteiger partial charge in [0.2, 0.25) is 10.0 Å². The highest BCUT2D eigenvalue weighted by atomic mass is 32.2. The Balaban J connectivity index is 1.41. The Morgan fingerprint density at radius 3 is 2.22 bits per heavy atom. The fraction of sp³-hybridized carbons (Fsp3) is 0.240. The molecule has 0 bridgehead atoms. The molecule has 1 aliphatic heterocycles. The van der Waals surface area contributed by atoms with Crippen LogP contribution >= 0.6 is 11.8 Å². The van der Waals surface area contributed by atoms with Gasteiger partial charge in [-0.05, 0) is 92.4 Å². The second-order valence-corrected chi connectivity index (χ2v) is 11.0. The standard InChI is InChI=1S/C25H26N2O3S2/c1-18-5-6-19(2)24(17-18)31-22-11-9-21(10-12-22)26-25(28)20-7-13-23(14-8-20)32(29,30)27-15-3-4-16-27/h5-14,17H,3-4,15-16H2,1-2H3,(H,26,28). The average molecular weight is 467 g/mol. The molecule has 0 spiro atoms. The first-order valence-electron chi connectivity index (χ1n) is 10.6. The highest BCUT2D eigenvalue weighted by molar-refractivity contribution is 7.99. The zero-order chi connectivity index (χ0) is 22.7. The van der Waals surface area contributed by atoms with Crippen molar-refractivity contribution in [2.45, 2.75) is 41.4 Å². The van der Waals surface area contributed by atoms with Gasteiger partial charge in [-0.2, -0.15) is 4.31 Å². The third-order valence-corrected chi connectivity index (χ3v) is 8.58. The molecule has 0 aromatic heterocycles. The van der Waals surface area contributed by atoms with Crippen LogP contribution in [0.4, 0.5) is 5.69 Å². The lowest BCUT2D eigenvalue weighted by atomic mass is 10.2. The average Bonchev–Trinajstić information content (AvgIpc) is 3.34. The van der Waals surface area contributed by atoms with E-state index in [2.05, 4.69) is 37.4 Å². The predicted octanol–water partition coefficient (Wildman–Crippen LogP) is 5.49. The number of nitrogens with one attached hydrogen (secondary N) is 1. The minimum absolute atomic E-state index is 0.226. The molecule has 1 N–H and O–H groups in total. The maximum absolute atomic E-state index is 12.6. The monoisotopic (exact) mass is 466 g/mol. The largest absolute Gasteiger partial charge is 0.322 e. The van der Waals surface area contributed by atoms with E-state index in [4.69, 9.17) is 0 Å². The molecule has 3 aromatic carbocycles. The van der Waals surface area contributed by atoms with E-state index in [1.165, 1.54) is 32.5 Å². The number of sulfonamides is 1. The van der Waals surface area contributed by atoms with Crippen LogP contribution in [-0.4, -0.2) is 31.7 Å². The van der Waals surface area contributed by atoms with E-state index < -0.39 is 10.0 Å². The van der Waals surface area contributed by atoms with Gasteiger partial charge in [0.15, 0.2) is 0 Å². The summed E-state index contributed by atoms with van der Waals surface area (Å²) in [5, 5.41) is 2.88. The fourth-order valence-corrected chi connectivity index (χ4v) is 6.13. The van der Waals surface area contributed by atoms with Crippen molar-refractivity contribution in [3.63, 3.8) is 0 Å². The van der Waals surface area contributed by atoms with Crippen LogP contribution in [0.3, 0.4) is 0 Å². The number of carbonyl (C=O) groups excluding carboxylic acids is 1. The molecule has 1 saturated heterocycles. The number of anilines is 1. The molecule has 166 valence electrons. The zero-order valence-electron chi connectivity index (χ0n) is 18.2. The molecule has 0 atom stereocenters.